The standard InChI is InChI=1S/C14H21NO2S/c1-12-5-2-3-6-13(12)8-10-18(16,17)11-14-7-4-9-15-14/h2-3,5-6,14-15H,4,7-11H2,1H3. The van der Waals surface area contributed by atoms with Gasteiger partial charge in [0, 0.05) is 6.04 Å². The van der Waals surface area contributed by atoms with E-state index in [9.17, 15) is 8.42 Å². The zero-order chi connectivity index (χ0) is 13.0. The number of aryl methyl sites for hydroxylation is 2. The van der Waals surface area contributed by atoms with Crippen molar-refractivity contribution in [2.24, 2.45) is 0 Å². The summed E-state index contributed by atoms with van der Waals surface area (Å²) < 4.78 is 24.1. The lowest BCUT2D eigenvalue weighted by Crippen LogP contribution is -2.31. The van der Waals surface area contributed by atoms with E-state index in [4.69, 9.17) is 0 Å². The normalized spacial score (nSPS) is 20.2. The number of hydrogen-bond donors (Lipinski definition) is 1. The van der Waals surface area contributed by atoms with Crippen LogP contribution in [-0.2, 0) is 16.3 Å². The lowest BCUT2D eigenvalue weighted by molar-refractivity contribution is 0.576. The zero-order valence-corrected chi connectivity index (χ0v) is 11.7. The second-order valence-electron chi connectivity index (χ2n) is 5.08. The Hall–Kier alpha value is -0.870. The van der Waals surface area contributed by atoms with Gasteiger partial charge in [0.1, 0.15) is 0 Å². The molecule has 100 valence electrons. The first kappa shape index (κ1) is 13.6. The lowest BCUT2D eigenvalue weighted by Gasteiger charge is -2.11. The highest BCUT2D eigenvalue weighted by molar-refractivity contribution is 7.91. The molecule has 1 aromatic rings. The molecule has 1 heterocycles. The van der Waals surface area contributed by atoms with Crippen molar-refractivity contribution in [3.63, 3.8) is 0 Å². The maximum atomic E-state index is 12.0. The molecule has 0 aliphatic carbocycles. The number of rotatable bonds is 5. The van der Waals surface area contributed by atoms with Crippen LogP contribution >= 0.6 is 0 Å². The van der Waals surface area contributed by atoms with Crippen molar-refractivity contribution < 1.29 is 8.42 Å². The van der Waals surface area contributed by atoms with Gasteiger partial charge in [-0.1, -0.05) is 24.3 Å². The van der Waals surface area contributed by atoms with Crippen molar-refractivity contribution in [3.05, 3.63) is 35.4 Å². The second-order valence-corrected chi connectivity index (χ2v) is 7.31. The molecule has 3 nitrogen and oxygen atoms in total. The Kier molecular flexibility index (Phi) is 4.40. The minimum atomic E-state index is -2.94. The molecule has 1 N–H and O–H groups in total. The summed E-state index contributed by atoms with van der Waals surface area (Å²) in [5.74, 6) is 0.551. The minimum absolute atomic E-state index is 0.173. The second kappa shape index (κ2) is 5.85. The molecule has 1 saturated heterocycles. The Labute approximate surface area is 110 Å². The van der Waals surface area contributed by atoms with E-state index in [1.54, 1.807) is 0 Å². The van der Waals surface area contributed by atoms with E-state index in [1.807, 2.05) is 31.2 Å². The molecule has 0 aromatic heterocycles. The first-order chi connectivity index (χ1) is 8.57. The minimum Gasteiger partial charge on any atom is -0.313 e. The number of benzene rings is 1. The molecule has 18 heavy (non-hydrogen) atoms. The van der Waals surface area contributed by atoms with Gasteiger partial charge < -0.3 is 5.32 Å². The summed E-state index contributed by atoms with van der Waals surface area (Å²) in [5, 5.41) is 3.24. The average Bonchev–Trinajstić information content (AvgIpc) is 2.80. The van der Waals surface area contributed by atoms with E-state index in [-0.39, 0.29) is 11.8 Å². The highest BCUT2D eigenvalue weighted by Gasteiger charge is 2.21. The Morgan fingerprint density at radius 1 is 1.33 bits per heavy atom. The largest absolute Gasteiger partial charge is 0.313 e. The predicted octanol–water partition coefficient (Wildman–Crippen LogP) is 1.70. The maximum Gasteiger partial charge on any atom is 0.152 e. The van der Waals surface area contributed by atoms with Crippen LogP contribution in [0.2, 0.25) is 0 Å². The van der Waals surface area contributed by atoms with E-state index in [1.165, 1.54) is 5.56 Å². The third-order valence-corrected chi connectivity index (χ3v) is 5.30. The molecule has 0 spiro atoms. The van der Waals surface area contributed by atoms with Crippen molar-refractivity contribution in [2.75, 3.05) is 18.1 Å². The first-order valence-electron chi connectivity index (χ1n) is 6.55. The Morgan fingerprint density at radius 2 is 2.11 bits per heavy atom. The summed E-state index contributed by atoms with van der Waals surface area (Å²) in [5.41, 5.74) is 2.31. The first-order valence-corrected chi connectivity index (χ1v) is 8.37. The number of hydrogen-bond acceptors (Lipinski definition) is 3. The van der Waals surface area contributed by atoms with Crippen LogP contribution in [0.3, 0.4) is 0 Å². The van der Waals surface area contributed by atoms with Gasteiger partial charge in [-0.05, 0) is 43.9 Å². The summed E-state index contributed by atoms with van der Waals surface area (Å²) in [6.45, 7) is 2.98. The summed E-state index contributed by atoms with van der Waals surface area (Å²) in [7, 11) is -2.94. The van der Waals surface area contributed by atoms with Gasteiger partial charge >= 0.3 is 0 Å². The van der Waals surface area contributed by atoms with Gasteiger partial charge in [0.2, 0.25) is 0 Å². The topological polar surface area (TPSA) is 46.2 Å². The zero-order valence-electron chi connectivity index (χ0n) is 10.9. The monoisotopic (exact) mass is 267 g/mol. The summed E-state index contributed by atoms with van der Waals surface area (Å²) in [6.07, 6.45) is 2.71. The Morgan fingerprint density at radius 3 is 2.78 bits per heavy atom. The summed E-state index contributed by atoms with van der Waals surface area (Å²) in [4.78, 5) is 0. The van der Waals surface area contributed by atoms with Gasteiger partial charge in [-0.15, -0.1) is 0 Å². The van der Waals surface area contributed by atoms with Crippen LogP contribution in [0.15, 0.2) is 24.3 Å². The molecule has 1 atom stereocenters. The molecule has 0 bridgehead atoms. The van der Waals surface area contributed by atoms with Gasteiger partial charge in [0.15, 0.2) is 9.84 Å². The van der Waals surface area contributed by atoms with Crippen LogP contribution in [0.1, 0.15) is 24.0 Å². The molecular formula is C14H21NO2S. The highest BCUT2D eigenvalue weighted by Crippen LogP contribution is 2.12. The van der Waals surface area contributed by atoms with Crippen LogP contribution < -0.4 is 5.32 Å². The maximum absolute atomic E-state index is 12.0. The SMILES string of the molecule is Cc1ccccc1CCS(=O)(=O)CC1CCCN1. The molecule has 0 radical (unpaired) electrons. The summed E-state index contributed by atoms with van der Waals surface area (Å²) in [6, 6.07) is 8.16. The molecule has 4 heteroatoms. The van der Waals surface area contributed by atoms with Gasteiger partial charge in [-0.2, -0.15) is 0 Å². The molecule has 0 saturated carbocycles. The molecule has 1 aliphatic heterocycles. The van der Waals surface area contributed by atoms with Gasteiger partial charge in [0.05, 0.1) is 11.5 Å². The lowest BCUT2D eigenvalue weighted by atomic mass is 10.1. The van der Waals surface area contributed by atoms with E-state index < -0.39 is 9.84 Å². The van der Waals surface area contributed by atoms with E-state index in [0.29, 0.717) is 12.2 Å². The number of sulfone groups is 1. The quantitative estimate of drug-likeness (QED) is 0.883. The highest BCUT2D eigenvalue weighted by atomic mass is 32.2. The number of nitrogens with one attached hydrogen (secondary N) is 1. The Bertz CT molecular complexity index is 490. The van der Waals surface area contributed by atoms with Crippen LogP contribution in [0.5, 0.6) is 0 Å². The smallest absolute Gasteiger partial charge is 0.152 e. The van der Waals surface area contributed by atoms with E-state index in [2.05, 4.69) is 5.32 Å². The molecule has 1 fully saturated rings. The molecule has 0 amide bonds. The molecular weight excluding hydrogens is 246 g/mol. The van der Waals surface area contributed by atoms with Crippen molar-refractivity contribution in [3.8, 4) is 0 Å². The fourth-order valence-electron chi connectivity index (χ4n) is 2.44. The summed E-state index contributed by atoms with van der Waals surface area (Å²) >= 11 is 0. The van der Waals surface area contributed by atoms with Crippen LogP contribution in [0.4, 0.5) is 0 Å². The van der Waals surface area contributed by atoms with E-state index >= 15 is 0 Å². The Balaban J connectivity index is 1.90. The van der Waals surface area contributed by atoms with Gasteiger partial charge in [-0.25, -0.2) is 8.42 Å². The predicted molar refractivity (Wildman–Crippen MR) is 74.6 cm³/mol. The van der Waals surface area contributed by atoms with E-state index in [0.717, 1.165) is 24.9 Å². The van der Waals surface area contributed by atoms with Gasteiger partial charge in [-0.3, -0.25) is 0 Å². The molecule has 1 aliphatic rings. The molecule has 1 aromatic carbocycles. The molecule has 2 rings (SSSR count). The third-order valence-electron chi connectivity index (χ3n) is 3.56. The van der Waals surface area contributed by atoms with Crippen molar-refractivity contribution in [2.45, 2.75) is 32.2 Å². The third kappa shape index (κ3) is 3.82. The van der Waals surface area contributed by atoms with Crippen LogP contribution in [0, 0.1) is 6.92 Å². The van der Waals surface area contributed by atoms with Crippen molar-refractivity contribution >= 4 is 9.84 Å². The van der Waals surface area contributed by atoms with Crippen molar-refractivity contribution in [1.82, 2.24) is 5.32 Å². The fraction of sp³-hybridized carbons (Fsp3) is 0.571. The van der Waals surface area contributed by atoms with Crippen LogP contribution in [-0.4, -0.2) is 32.5 Å². The van der Waals surface area contributed by atoms with Crippen LogP contribution in [0.25, 0.3) is 0 Å². The van der Waals surface area contributed by atoms with Crippen molar-refractivity contribution in [1.29, 1.82) is 0 Å². The molecule has 1 unspecified atom stereocenters. The fourth-order valence-corrected chi connectivity index (χ4v) is 4.04. The average molecular weight is 267 g/mol. The van der Waals surface area contributed by atoms with Gasteiger partial charge in [0.25, 0.3) is 0 Å².